The maximum Gasteiger partial charge on any atom is 0.335 e. The average Bonchev–Trinajstić information content (AvgIpc) is 2.77. The van der Waals surface area contributed by atoms with Gasteiger partial charge in [-0.05, 0) is 42.0 Å². The SMILES string of the molecule is O=C(O)c1ccc(OCCOCCOCCOCCOc2ccc(CO)cc2)cc1. The molecule has 0 fully saturated rings. The molecule has 0 radical (unpaired) electrons. The van der Waals surface area contributed by atoms with E-state index in [-0.39, 0.29) is 12.2 Å². The number of aliphatic hydroxyl groups excluding tert-OH is 1. The molecular formula is C22H28O8. The molecule has 0 atom stereocenters. The summed E-state index contributed by atoms with van der Waals surface area (Å²) in [5.41, 5.74) is 1.07. The molecule has 164 valence electrons. The van der Waals surface area contributed by atoms with Gasteiger partial charge in [-0.15, -0.1) is 0 Å². The van der Waals surface area contributed by atoms with Gasteiger partial charge in [0.15, 0.2) is 0 Å². The van der Waals surface area contributed by atoms with E-state index in [1.54, 1.807) is 12.1 Å². The van der Waals surface area contributed by atoms with Crippen LogP contribution in [0, 0.1) is 0 Å². The van der Waals surface area contributed by atoms with Crippen LogP contribution in [0.2, 0.25) is 0 Å². The van der Waals surface area contributed by atoms with E-state index in [0.29, 0.717) is 58.6 Å². The number of rotatable bonds is 16. The van der Waals surface area contributed by atoms with Crippen LogP contribution in [0.5, 0.6) is 11.5 Å². The summed E-state index contributed by atoms with van der Waals surface area (Å²) in [6.45, 7) is 3.58. The molecule has 2 aromatic carbocycles. The lowest BCUT2D eigenvalue weighted by atomic mass is 10.2. The van der Waals surface area contributed by atoms with Gasteiger partial charge in [0, 0.05) is 0 Å². The highest BCUT2D eigenvalue weighted by Crippen LogP contribution is 2.12. The van der Waals surface area contributed by atoms with Gasteiger partial charge in [-0.25, -0.2) is 4.79 Å². The Morgan fingerprint density at radius 1 is 0.633 bits per heavy atom. The summed E-state index contributed by atoms with van der Waals surface area (Å²) in [6, 6.07) is 13.5. The summed E-state index contributed by atoms with van der Waals surface area (Å²) < 4.78 is 27.2. The van der Waals surface area contributed by atoms with Crippen molar-refractivity contribution >= 4 is 5.97 Å². The number of hydrogen-bond acceptors (Lipinski definition) is 7. The topological polar surface area (TPSA) is 104 Å². The fourth-order valence-corrected chi connectivity index (χ4v) is 2.36. The molecule has 0 amide bonds. The Morgan fingerprint density at radius 2 is 1.03 bits per heavy atom. The van der Waals surface area contributed by atoms with Crippen molar-refractivity contribution in [3.8, 4) is 11.5 Å². The maximum absolute atomic E-state index is 10.8. The molecule has 0 unspecified atom stereocenters. The zero-order valence-corrected chi connectivity index (χ0v) is 16.8. The summed E-state index contributed by atoms with van der Waals surface area (Å²) >= 11 is 0. The lowest BCUT2D eigenvalue weighted by molar-refractivity contribution is 0.00499. The number of aliphatic hydroxyl groups is 1. The predicted octanol–water partition coefficient (Wildman–Crippen LogP) is 2.38. The van der Waals surface area contributed by atoms with Gasteiger partial charge in [0.05, 0.1) is 51.8 Å². The van der Waals surface area contributed by atoms with Crippen LogP contribution in [-0.4, -0.2) is 69.0 Å². The number of carboxylic acids is 1. The van der Waals surface area contributed by atoms with Crippen molar-refractivity contribution in [3.63, 3.8) is 0 Å². The van der Waals surface area contributed by atoms with Crippen molar-refractivity contribution in [1.82, 2.24) is 0 Å². The molecule has 0 aliphatic carbocycles. The Hall–Kier alpha value is -2.65. The average molecular weight is 420 g/mol. The summed E-state index contributed by atoms with van der Waals surface area (Å²) in [7, 11) is 0. The number of benzene rings is 2. The lowest BCUT2D eigenvalue weighted by Gasteiger charge is -2.09. The second-order valence-corrected chi connectivity index (χ2v) is 6.17. The Labute approximate surface area is 175 Å². The molecule has 0 aliphatic rings. The third-order valence-electron chi connectivity index (χ3n) is 3.94. The molecule has 0 heterocycles. The van der Waals surface area contributed by atoms with Gasteiger partial charge >= 0.3 is 5.97 Å². The van der Waals surface area contributed by atoms with Crippen molar-refractivity contribution in [2.24, 2.45) is 0 Å². The molecule has 0 bridgehead atoms. The third kappa shape index (κ3) is 9.71. The molecule has 8 heteroatoms. The zero-order chi connectivity index (χ0) is 21.4. The van der Waals surface area contributed by atoms with Crippen molar-refractivity contribution < 1.29 is 38.7 Å². The van der Waals surface area contributed by atoms with E-state index in [9.17, 15) is 4.79 Å². The molecule has 30 heavy (non-hydrogen) atoms. The quantitative estimate of drug-likeness (QED) is 0.399. The van der Waals surface area contributed by atoms with Gasteiger partial charge in [0.1, 0.15) is 24.7 Å². The molecule has 0 saturated heterocycles. The fourth-order valence-electron chi connectivity index (χ4n) is 2.36. The Bertz CT molecular complexity index is 715. The fraction of sp³-hybridized carbons (Fsp3) is 0.409. The summed E-state index contributed by atoms with van der Waals surface area (Å²) in [5.74, 6) is 0.377. The second kappa shape index (κ2) is 14.4. The van der Waals surface area contributed by atoms with Crippen molar-refractivity contribution in [2.45, 2.75) is 6.61 Å². The minimum absolute atomic E-state index is 0.0206. The highest BCUT2D eigenvalue weighted by molar-refractivity contribution is 5.87. The number of carbonyl (C=O) groups is 1. The molecule has 0 saturated carbocycles. The van der Waals surface area contributed by atoms with E-state index in [0.717, 1.165) is 11.3 Å². The standard InChI is InChI=1S/C22H28O8/c23-17-18-1-5-20(6-2-18)29-15-13-27-11-9-26-10-12-28-14-16-30-21-7-3-19(4-8-21)22(24)25/h1-8,23H,9-17H2,(H,24,25). The van der Waals surface area contributed by atoms with Gasteiger partial charge in [0.25, 0.3) is 0 Å². The minimum Gasteiger partial charge on any atom is -0.491 e. The van der Waals surface area contributed by atoms with Gasteiger partial charge in [-0.3, -0.25) is 0 Å². The van der Waals surface area contributed by atoms with Gasteiger partial charge in [0.2, 0.25) is 0 Å². The normalized spacial score (nSPS) is 10.7. The highest BCUT2D eigenvalue weighted by Gasteiger charge is 2.02. The highest BCUT2D eigenvalue weighted by atomic mass is 16.6. The number of aromatic carboxylic acids is 1. The van der Waals surface area contributed by atoms with Gasteiger partial charge < -0.3 is 33.9 Å². The minimum atomic E-state index is -0.964. The molecule has 0 aliphatic heterocycles. The number of ether oxygens (including phenoxy) is 5. The van der Waals surface area contributed by atoms with Crippen LogP contribution in [0.15, 0.2) is 48.5 Å². The first-order valence-corrected chi connectivity index (χ1v) is 9.71. The molecule has 0 aromatic heterocycles. The molecular weight excluding hydrogens is 392 g/mol. The largest absolute Gasteiger partial charge is 0.491 e. The van der Waals surface area contributed by atoms with Crippen LogP contribution < -0.4 is 9.47 Å². The molecule has 2 rings (SSSR count). The molecule has 2 aromatic rings. The number of hydrogen-bond donors (Lipinski definition) is 2. The van der Waals surface area contributed by atoms with Crippen LogP contribution in [0.25, 0.3) is 0 Å². The molecule has 0 spiro atoms. The van der Waals surface area contributed by atoms with Crippen LogP contribution in [0.4, 0.5) is 0 Å². The maximum atomic E-state index is 10.8. The third-order valence-corrected chi connectivity index (χ3v) is 3.94. The van der Waals surface area contributed by atoms with Gasteiger partial charge in [-0.2, -0.15) is 0 Å². The van der Waals surface area contributed by atoms with Crippen molar-refractivity contribution in [2.75, 3.05) is 52.9 Å². The van der Waals surface area contributed by atoms with Crippen LogP contribution in [0.3, 0.4) is 0 Å². The lowest BCUT2D eigenvalue weighted by Crippen LogP contribution is -2.14. The van der Waals surface area contributed by atoms with Crippen molar-refractivity contribution in [1.29, 1.82) is 0 Å². The van der Waals surface area contributed by atoms with E-state index in [1.807, 2.05) is 24.3 Å². The summed E-state index contributed by atoms with van der Waals surface area (Å²) in [5, 5.41) is 17.8. The first-order chi connectivity index (χ1) is 14.7. The Kier molecular flexibility index (Phi) is 11.3. The van der Waals surface area contributed by atoms with Crippen LogP contribution in [0.1, 0.15) is 15.9 Å². The first-order valence-electron chi connectivity index (χ1n) is 9.71. The summed E-state index contributed by atoms with van der Waals surface area (Å²) in [6.07, 6.45) is 0. The summed E-state index contributed by atoms with van der Waals surface area (Å²) in [4.78, 5) is 10.8. The van der Waals surface area contributed by atoms with E-state index >= 15 is 0 Å². The monoisotopic (exact) mass is 420 g/mol. The number of carboxylic acid groups (broad SMARTS) is 1. The van der Waals surface area contributed by atoms with E-state index in [2.05, 4.69) is 0 Å². The Morgan fingerprint density at radius 3 is 1.43 bits per heavy atom. The first kappa shape index (κ1) is 23.6. The van der Waals surface area contributed by atoms with Crippen LogP contribution in [-0.2, 0) is 20.8 Å². The zero-order valence-electron chi connectivity index (χ0n) is 16.8. The van der Waals surface area contributed by atoms with E-state index < -0.39 is 5.97 Å². The molecule has 2 N–H and O–H groups in total. The Balaban J connectivity index is 1.35. The van der Waals surface area contributed by atoms with Gasteiger partial charge in [-0.1, -0.05) is 12.1 Å². The predicted molar refractivity (Wildman–Crippen MR) is 109 cm³/mol. The van der Waals surface area contributed by atoms with E-state index in [4.69, 9.17) is 33.9 Å². The second-order valence-electron chi connectivity index (χ2n) is 6.17. The molecule has 8 nitrogen and oxygen atoms in total. The van der Waals surface area contributed by atoms with E-state index in [1.165, 1.54) is 12.1 Å². The smallest absolute Gasteiger partial charge is 0.335 e. The van der Waals surface area contributed by atoms with Crippen molar-refractivity contribution in [3.05, 3.63) is 59.7 Å². The van der Waals surface area contributed by atoms with Crippen LogP contribution >= 0.6 is 0 Å².